The number of nitrogens with zero attached hydrogens (tertiary/aromatic N) is 1. The van der Waals surface area contributed by atoms with Crippen molar-refractivity contribution < 1.29 is 9.53 Å². The molecule has 3 N–H and O–H groups in total. The fraction of sp³-hybridized carbons (Fsp3) is 0.500. The van der Waals surface area contributed by atoms with Crippen LogP contribution in [0.4, 0.5) is 11.4 Å². The third-order valence-electron chi connectivity index (χ3n) is 3.26. The number of morpholine rings is 1. The summed E-state index contributed by atoms with van der Waals surface area (Å²) >= 11 is 5.83. The van der Waals surface area contributed by atoms with Gasteiger partial charge in [0.15, 0.2) is 0 Å². The van der Waals surface area contributed by atoms with Crippen LogP contribution in [0, 0.1) is 0 Å². The molecule has 1 heterocycles. The van der Waals surface area contributed by atoms with Gasteiger partial charge >= 0.3 is 0 Å². The van der Waals surface area contributed by atoms with Crippen molar-refractivity contribution in [2.75, 3.05) is 43.9 Å². The molecule has 0 aliphatic carbocycles. The van der Waals surface area contributed by atoms with E-state index >= 15 is 0 Å². The molecule has 0 unspecified atom stereocenters. The third-order valence-corrected chi connectivity index (χ3v) is 3.61. The van der Waals surface area contributed by atoms with Gasteiger partial charge in [-0.05, 0) is 31.2 Å². The molecule has 1 amide bonds. The second-order valence-corrected chi connectivity index (χ2v) is 5.25. The second-order valence-electron chi connectivity index (χ2n) is 4.84. The molecule has 5 nitrogen and oxygen atoms in total. The molecule has 1 aromatic rings. The van der Waals surface area contributed by atoms with Crippen molar-refractivity contribution in [2.24, 2.45) is 0 Å². The summed E-state index contributed by atoms with van der Waals surface area (Å²) < 4.78 is 5.28. The van der Waals surface area contributed by atoms with Crippen LogP contribution in [-0.2, 0) is 9.53 Å². The van der Waals surface area contributed by atoms with Gasteiger partial charge in [0.05, 0.1) is 23.9 Å². The maximum atomic E-state index is 11.8. The van der Waals surface area contributed by atoms with E-state index < -0.39 is 0 Å². The summed E-state index contributed by atoms with van der Waals surface area (Å²) in [6, 6.07) is 5.10. The first-order valence-electron chi connectivity index (χ1n) is 6.80. The summed E-state index contributed by atoms with van der Waals surface area (Å²) in [5.74, 6) is -0.0000168. The molecule has 0 spiro atoms. The van der Waals surface area contributed by atoms with Crippen molar-refractivity contribution in [1.82, 2.24) is 4.90 Å². The quantitative estimate of drug-likeness (QED) is 0.816. The van der Waals surface area contributed by atoms with Crippen LogP contribution in [0.1, 0.15) is 12.8 Å². The van der Waals surface area contributed by atoms with Crippen molar-refractivity contribution in [1.29, 1.82) is 0 Å². The van der Waals surface area contributed by atoms with Crippen LogP contribution in [0.3, 0.4) is 0 Å². The lowest BCUT2D eigenvalue weighted by Crippen LogP contribution is -2.37. The number of nitrogen functional groups attached to an aromatic ring is 1. The number of hydrogen-bond acceptors (Lipinski definition) is 4. The SMILES string of the molecule is Nc1cc(NC(=O)CCCN2CCOCC2)ccc1Cl. The van der Waals surface area contributed by atoms with Crippen molar-refractivity contribution in [3.05, 3.63) is 23.2 Å². The topological polar surface area (TPSA) is 67.6 Å². The van der Waals surface area contributed by atoms with Gasteiger partial charge in [-0.1, -0.05) is 11.6 Å². The van der Waals surface area contributed by atoms with Gasteiger partial charge in [-0.15, -0.1) is 0 Å². The van der Waals surface area contributed by atoms with Gasteiger partial charge in [-0.2, -0.15) is 0 Å². The Morgan fingerprint density at radius 2 is 2.15 bits per heavy atom. The number of hydrogen-bond donors (Lipinski definition) is 2. The number of ether oxygens (including phenoxy) is 1. The van der Waals surface area contributed by atoms with Crippen LogP contribution in [-0.4, -0.2) is 43.7 Å². The van der Waals surface area contributed by atoms with Gasteiger partial charge < -0.3 is 15.8 Å². The van der Waals surface area contributed by atoms with Crippen molar-refractivity contribution in [3.63, 3.8) is 0 Å². The van der Waals surface area contributed by atoms with Gasteiger partial charge in [0.25, 0.3) is 0 Å². The van der Waals surface area contributed by atoms with Crippen molar-refractivity contribution >= 4 is 28.9 Å². The molecule has 0 aromatic heterocycles. The number of anilines is 2. The molecule has 0 saturated carbocycles. The van der Waals surface area contributed by atoms with Crippen molar-refractivity contribution in [3.8, 4) is 0 Å². The number of rotatable bonds is 5. The molecular formula is C14H20ClN3O2. The average molecular weight is 298 g/mol. The van der Waals surface area contributed by atoms with Crippen LogP contribution in [0.25, 0.3) is 0 Å². The molecule has 1 fully saturated rings. The van der Waals surface area contributed by atoms with Crippen LogP contribution in [0.2, 0.25) is 5.02 Å². The molecule has 6 heteroatoms. The van der Waals surface area contributed by atoms with E-state index in [0.717, 1.165) is 39.3 Å². The van der Waals surface area contributed by atoms with Gasteiger partial charge in [0.1, 0.15) is 0 Å². The largest absolute Gasteiger partial charge is 0.397 e. The Morgan fingerprint density at radius 1 is 1.40 bits per heavy atom. The first-order chi connectivity index (χ1) is 9.65. The minimum Gasteiger partial charge on any atom is -0.397 e. The number of amides is 1. The maximum Gasteiger partial charge on any atom is 0.224 e. The summed E-state index contributed by atoms with van der Waals surface area (Å²) in [4.78, 5) is 14.1. The Balaban J connectivity index is 1.70. The molecule has 2 rings (SSSR count). The highest BCUT2D eigenvalue weighted by molar-refractivity contribution is 6.33. The molecule has 0 atom stereocenters. The Morgan fingerprint density at radius 3 is 2.85 bits per heavy atom. The highest BCUT2D eigenvalue weighted by Gasteiger charge is 2.10. The number of nitrogens with one attached hydrogen (secondary N) is 1. The van der Waals surface area contributed by atoms with E-state index in [9.17, 15) is 4.79 Å². The number of benzene rings is 1. The monoisotopic (exact) mass is 297 g/mol. The van der Waals surface area contributed by atoms with E-state index in [2.05, 4.69) is 10.2 Å². The molecule has 0 radical (unpaired) electrons. The first kappa shape index (κ1) is 15.1. The Bertz CT molecular complexity index is 462. The first-order valence-corrected chi connectivity index (χ1v) is 7.18. The van der Waals surface area contributed by atoms with Crippen molar-refractivity contribution in [2.45, 2.75) is 12.8 Å². The maximum absolute atomic E-state index is 11.8. The molecule has 1 aliphatic heterocycles. The zero-order valence-electron chi connectivity index (χ0n) is 11.4. The van der Waals surface area contributed by atoms with Gasteiger partial charge in [-0.3, -0.25) is 9.69 Å². The molecule has 20 heavy (non-hydrogen) atoms. The fourth-order valence-corrected chi connectivity index (χ4v) is 2.25. The predicted molar refractivity (Wildman–Crippen MR) is 81.0 cm³/mol. The summed E-state index contributed by atoms with van der Waals surface area (Å²) in [5, 5.41) is 3.32. The predicted octanol–water partition coefficient (Wildman–Crippen LogP) is 1.97. The van der Waals surface area contributed by atoms with E-state index in [4.69, 9.17) is 22.1 Å². The van der Waals surface area contributed by atoms with E-state index in [1.807, 2.05) is 0 Å². The molecule has 1 saturated heterocycles. The third kappa shape index (κ3) is 4.67. The Kier molecular flexibility index (Phi) is 5.64. The van der Waals surface area contributed by atoms with Crippen LogP contribution in [0.15, 0.2) is 18.2 Å². The van der Waals surface area contributed by atoms with Crippen LogP contribution in [0.5, 0.6) is 0 Å². The van der Waals surface area contributed by atoms with Gasteiger partial charge in [0.2, 0.25) is 5.91 Å². The smallest absolute Gasteiger partial charge is 0.224 e. The Labute approximate surface area is 124 Å². The zero-order chi connectivity index (χ0) is 14.4. The minimum absolute atomic E-state index is 0.0000168. The molecule has 1 aliphatic rings. The molecule has 1 aromatic carbocycles. The number of nitrogens with two attached hydrogens (primary N) is 1. The summed E-state index contributed by atoms with van der Waals surface area (Å²) in [7, 11) is 0. The minimum atomic E-state index is -0.0000168. The molecule has 110 valence electrons. The number of carbonyl (C=O) groups is 1. The number of halogens is 1. The lowest BCUT2D eigenvalue weighted by molar-refractivity contribution is -0.116. The van der Waals surface area contributed by atoms with Crippen LogP contribution < -0.4 is 11.1 Å². The normalized spacial score (nSPS) is 16.1. The molecular weight excluding hydrogens is 278 g/mol. The van der Waals surface area contributed by atoms with Crippen LogP contribution >= 0.6 is 11.6 Å². The van der Waals surface area contributed by atoms with E-state index in [0.29, 0.717) is 22.8 Å². The summed E-state index contributed by atoms with van der Waals surface area (Å²) in [5.41, 5.74) is 6.85. The van der Waals surface area contributed by atoms with E-state index in [1.165, 1.54) is 0 Å². The molecule has 0 bridgehead atoms. The number of carbonyl (C=O) groups excluding carboxylic acids is 1. The lowest BCUT2D eigenvalue weighted by Gasteiger charge is -2.26. The average Bonchev–Trinajstić information content (AvgIpc) is 2.44. The van der Waals surface area contributed by atoms with E-state index in [-0.39, 0.29) is 5.91 Å². The van der Waals surface area contributed by atoms with E-state index in [1.54, 1.807) is 18.2 Å². The highest BCUT2D eigenvalue weighted by Crippen LogP contribution is 2.22. The Hall–Kier alpha value is -1.30. The second kappa shape index (κ2) is 7.47. The summed E-state index contributed by atoms with van der Waals surface area (Å²) in [6.07, 6.45) is 1.34. The fourth-order valence-electron chi connectivity index (χ4n) is 2.13. The zero-order valence-corrected chi connectivity index (χ0v) is 12.2. The van der Waals surface area contributed by atoms with Gasteiger partial charge in [0, 0.05) is 25.2 Å². The summed E-state index contributed by atoms with van der Waals surface area (Å²) in [6.45, 7) is 4.41. The lowest BCUT2D eigenvalue weighted by atomic mass is 10.2. The highest BCUT2D eigenvalue weighted by atomic mass is 35.5. The van der Waals surface area contributed by atoms with Gasteiger partial charge in [-0.25, -0.2) is 0 Å². The standard InChI is InChI=1S/C14H20ClN3O2/c15-12-4-3-11(10-13(12)16)17-14(19)2-1-5-18-6-8-20-9-7-18/h3-4,10H,1-2,5-9,16H2,(H,17,19).